The van der Waals surface area contributed by atoms with E-state index in [9.17, 15) is 5.21 Å². The van der Waals surface area contributed by atoms with Gasteiger partial charge in [0.05, 0.1) is 40.5 Å². The number of fused-ring (bicyclic) bond motifs is 4. The fourth-order valence-corrected chi connectivity index (χ4v) is 4.07. The van der Waals surface area contributed by atoms with Crippen LogP contribution in [0.1, 0.15) is 22.3 Å². The summed E-state index contributed by atoms with van der Waals surface area (Å²) in [6.07, 6.45) is 2.65. The van der Waals surface area contributed by atoms with Crippen molar-refractivity contribution in [3.8, 4) is 23.0 Å². The van der Waals surface area contributed by atoms with E-state index in [2.05, 4.69) is 0 Å². The summed E-state index contributed by atoms with van der Waals surface area (Å²) in [6.45, 7) is 0.781. The molecule has 2 aliphatic rings. The van der Waals surface area contributed by atoms with Gasteiger partial charge in [-0.1, -0.05) is 6.07 Å². The Labute approximate surface area is 158 Å². The van der Waals surface area contributed by atoms with Gasteiger partial charge in [-0.3, -0.25) is 0 Å². The third-order valence-electron chi connectivity index (χ3n) is 5.46. The average molecular weight is 369 g/mol. The Hall–Kier alpha value is -2.70. The van der Waals surface area contributed by atoms with E-state index in [4.69, 9.17) is 18.9 Å². The first-order valence-corrected chi connectivity index (χ1v) is 8.84. The number of benzene rings is 2. The van der Waals surface area contributed by atoms with E-state index in [0.717, 1.165) is 28.0 Å². The number of hydrogen-bond donors (Lipinski definition) is 0. The van der Waals surface area contributed by atoms with E-state index in [1.165, 1.54) is 0 Å². The van der Waals surface area contributed by atoms with E-state index in [1.54, 1.807) is 28.4 Å². The molecule has 27 heavy (non-hydrogen) atoms. The van der Waals surface area contributed by atoms with Crippen LogP contribution in [0.5, 0.6) is 23.0 Å². The smallest absolute Gasteiger partial charge is 0.170 e. The topological polar surface area (TPSA) is 60.0 Å². The van der Waals surface area contributed by atoms with Crippen LogP contribution in [0.25, 0.3) is 11.8 Å². The van der Waals surface area contributed by atoms with Crippen LogP contribution < -0.4 is 18.9 Å². The van der Waals surface area contributed by atoms with Crippen LogP contribution in [-0.2, 0) is 13.0 Å². The van der Waals surface area contributed by atoms with Crippen LogP contribution in [0.2, 0.25) is 0 Å². The van der Waals surface area contributed by atoms with Crippen molar-refractivity contribution in [2.75, 3.05) is 35.0 Å². The standard InChI is InChI=1S/C21H23NO5/c1-24-18-6-5-13-9-17-15-11-20(26-3)19(25-2)10-14(15)7-8-22(17,23)12-16(13)21(18)27-4/h5-6,9-11H,7-8,12H2,1-4H3/t22-/m0/s1. The van der Waals surface area contributed by atoms with Gasteiger partial charge < -0.3 is 28.8 Å². The molecule has 0 N–H and O–H groups in total. The summed E-state index contributed by atoms with van der Waals surface area (Å²) in [6, 6.07) is 7.73. The zero-order chi connectivity index (χ0) is 19.2. The van der Waals surface area contributed by atoms with E-state index < -0.39 is 4.65 Å². The Balaban J connectivity index is 1.92. The number of nitrogens with zero attached hydrogens (tertiary/aromatic N) is 1. The van der Waals surface area contributed by atoms with Crippen LogP contribution >= 0.6 is 0 Å². The molecule has 0 fully saturated rings. The molecule has 0 saturated heterocycles. The second kappa shape index (κ2) is 6.48. The molecule has 6 heteroatoms. The molecule has 0 amide bonds. The second-order valence-corrected chi connectivity index (χ2v) is 6.78. The lowest BCUT2D eigenvalue weighted by atomic mass is 9.89. The lowest BCUT2D eigenvalue weighted by Gasteiger charge is -2.49. The van der Waals surface area contributed by atoms with Crippen LogP contribution in [0.3, 0.4) is 0 Å². The normalized spacial score (nSPS) is 20.0. The SMILES string of the molecule is COc1cc2c(cc1OC)C1=Cc3ccc(OC)c(OC)c3C[N@@+]1([O-])CC2. The minimum atomic E-state index is -0.418. The first kappa shape index (κ1) is 17.7. The Morgan fingerprint density at radius 3 is 2.26 bits per heavy atom. The molecule has 0 radical (unpaired) electrons. The molecule has 0 bridgehead atoms. The summed E-state index contributed by atoms with van der Waals surface area (Å²) in [5.74, 6) is 2.59. The fraction of sp³-hybridized carbons (Fsp3) is 0.333. The summed E-state index contributed by atoms with van der Waals surface area (Å²) < 4.78 is 21.4. The highest BCUT2D eigenvalue weighted by Gasteiger charge is 2.38. The number of hydroxylamine groups is 3. The second-order valence-electron chi connectivity index (χ2n) is 6.78. The van der Waals surface area contributed by atoms with Crippen LogP contribution in [0, 0.1) is 5.21 Å². The Bertz CT molecular complexity index is 937. The number of hydrogen-bond acceptors (Lipinski definition) is 5. The maximum atomic E-state index is 13.8. The molecule has 0 aliphatic carbocycles. The zero-order valence-corrected chi connectivity index (χ0v) is 16.0. The van der Waals surface area contributed by atoms with E-state index in [0.29, 0.717) is 42.5 Å². The van der Waals surface area contributed by atoms with Gasteiger partial charge in [0.25, 0.3) is 0 Å². The maximum absolute atomic E-state index is 13.8. The molecule has 4 rings (SSSR count). The highest BCUT2D eigenvalue weighted by Crippen LogP contribution is 2.47. The van der Waals surface area contributed by atoms with Gasteiger partial charge in [-0.25, -0.2) is 0 Å². The summed E-state index contributed by atoms with van der Waals surface area (Å²) in [5, 5.41) is 13.8. The minimum absolute atomic E-state index is 0.315. The number of methoxy groups -OCH3 is 4. The first-order chi connectivity index (χ1) is 13.0. The summed E-state index contributed by atoms with van der Waals surface area (Å²) in [4.78, 5) is 0. The lowest BCUT2D eigenvalue weighted by molar-refractivity contribution is -0.824. The van der Waals surface area contributed by atoms with Crippen LogP contribution in [0.4, 0.5) is 0 Å². The van der Waals surface area contributed by atoms with Gasteiger partial charge in [-0.2, -0.15) is 0 Å². The summed E-state index contributed by atoms with van der Waals surface area (Å²) >= 11 is 0. The molecular formula is C21H23NO5. The lowest BCUT2D eigenvalue weighted by Crippen LogP contribution is -2.45. The molecule has 6 nitrogen and oxygen atoms in total. The summed E-state index contributed by atoms with van der Waals surface area (Å²) in [5.41, 5.74) is 4.65. The van der Waals surface area contributed by atoms with Crippen molar-refractivity contribution in [3.05, 3.63) is 51.7 Å². The predicted octanol–water partition coefficient (Wildman–Crippen LogP) is 3.60. The van der Waals surface area contributed by atoms with Crippen molar-refractivity contribution in [1.29, 1.82) is 0 Å². The molecule has 142 valence electrons. The average Bonchev–Trinajstić information content (AvgIpc) is 2.70. The molecule has 0 unspecified atom stereocenters. The van der Waals surface area contributed by atoms with Crippen LogP contribution in [-0.4, -0.2) is 39.6 Å². The third kappa shape index (κ3) is 2.64. The zero-order valence-electron chi connectivity index (χ0n) is 16.0. The van der Waals surface area contributed by atoms with Gasteiger partial charge in [-0.05, 0) is 29.3 Å². The van der Waals surface area contributed by atoms with Crippen molar-refractivity contribution < 1.29 is 23.6 Å². The molecule has 0 saturated carbocycles. The Morgan fingerprint density at radius 1 is 0.889 bits per heavy atom. The van der Waals surface area contributed by atoms with Crippen molar-refractivity contribution in [2.45, 2.75) is 13.0 Å². The molecule has 2 aromatic carbocycles. The van der Waals surface area contributed by atoms with Crippen molar-refractivity contribution >= 4 is 11.8 Å². The highest BCUT2D eigenvalue weighted by atomic mass is 16.5. The fourth-order valence-electron chi connectivity index (χ4n) is 4.07. The minimum Gasteiger partial charge on any atom is -0.627 e. The highest BCUT2D eigenvalue weighted by molar-refractivity contribution is 5.84. The van der Waals surface area contributed by atoms with Gasteiger partial charge in [0.2, 0.25) is 0 Å². The maximum Gasteiger partial charge on any atom is 0.170 e. The molecular weight excluding hydrogens is 346 g/mol. The summed E-state index contributed by atoms with van der Waals surface area (Å²) in [7, 11) is 6.44. The quantitative estimate of drug-likeness (QED) is 0.609. The van der Waals surface area contributed by atoms with Gasteiger partial charge in [0, 0.05) is 18.1 Å². The Kier molecular flexibility index (Phi) is 4.25. The molecule has 0 spiro atoms. The largest absolute Gasteiger partial charge is 0.627 e. The molecule has 2 aromatic rings. The molecule has 2 aliphatic heterocycles. The van der Waals surface area contributed by atoms with Gasteiger partial charge in [0.1, 0.15) is 12.2 Å². The van der Waals surface area contributed by atoms with E-state index in [-0.39, 0.29) is 0 Å². The molecule has 2 heterocycles. The monoisotopic (exact) mass is 369 g/mol. The van der Waals surface area contributed by atoms with Gasteiger partial charge in [-0.15, -0.1) is 0 Å². The number of ether oxygens (including phenoxy) is 4. The van der Waals surface area contributed by atoms with Gasteiger partial charge in [0.15, 0.2) is 23.0 Å². The third-order valence-corrected chi connectivity index (χ3v) is 5.46. The molecule has 0 aromatic heterocycles. The van der Waals surface area contributed by atoms with Gasteiger partial charge >= 0.3 is 0 Å². The van der Waals surface area contributed by atoms with Crippen molar-refractivity contribution in [2.24, 2.45) is 0 Å². The number of quaternary nitrogens is 1. The van der Waals surface area contributed by atoms with E-state index in [1.807, 2.05) is 30.3 Å². The number of rotatable bonds is 4. The van der Waals surface area contributed by atoms with Crippen molar-refractivity contribution in [1.82, 2.24) is 0 Å². The molecule has 1 atom stereocenters. The van der Waals surface area contributed by atoms with Crippen LogP contribution in [0.15, 0.2) is 24.3 Å². The Morgan fingerprint density at radius 2 is 1.59 bits per heavy atom. The van der Waals surface area contributed by atoms with Crippen molar-refractivity contribution in [3.63, 3.8) is 0 Å². The first-order valence-electron chi connectivity index (χ1n) is 8.84. The van der Waals surface area contributed by atoms with E-state index >= 15 is 0 Å². The predicted molar refractivity (Wildman–Crippen MR) is 103 cm³/mol.